The molecule has 4 rings (SSSR count). The van der Waals surface area contributed by atoms with Crippen LogP contribution in [0, 0.1) is 0 Å². The lowest BCUT2D eigenvalue weighted by molar-refractivity contribution is -0.140. The highest BCUT2D eigenvalue weighted by Gasteiger charge is 2.39. The molecule has 9 nitrogen and oxygen atoms in total. The average Bonchev–Trinajstić information content (AvgIpc) is 3.46. The number of carboxylic acids is 1. The van der Waals surface area contributed by atoms with Crippen molar-refractivity contribution in [1.82, 2.24) is 4.31 Å². The molecule has 0 bridgehead atoms. The van der Waals surface area contributed by atoms with Crippen molar-refractivity contribution >= 4 is 16.0 Å². The van der Waals surface area contributed by atoms with Crippen molar-refractivity contribution in [2.75, 3.05) is 26.9 Å². The molecule has 0 spiro atoms. The van der Waals surface area contributed by atoms with Crippen LogP contribution in [0.1, 0.15) is 38.2 Å². The fraction of sp³-hybridized carbons (Fsp3) is 0.367. The standard InChI is InChI=1S/C30H35NO8S/c1-3-9-22-20-24(39-23-10-5-4-6-11-23)13-15-27(22)37-18-8-19-38-28-16-14-25(21-29(28)36-2)40(34,35)31-17-7-12-26(31)30(32)33/h4-6,10-11,13-16,20-21,26H,3,7-9,12,17-19H2,1-2H3,(H,32,33). The number of hydrogen-bond donors (Lipinski definition) is 1. The molecule has 214 valence electrons. The van der Waals surface area contributed by atoms with Crippen LogP contribution in [0.4, 0.5) is 0 Å². The SMILES string of the molecule is CCCc1cc(Oc2ccccc2)ccc1OCCCOc1ccc(S(=O)(=O)N2CCCC2C(=O)O)cc1OC. The molecular weight excluding hydrogens is 534 g/mol. The number of carbonyl (C=O) groups is 1. The molecule has 1 heterocycles. The number of benzene rings is 3. The Morgan fingerprint density at radius 3 is 2.38 bits per heavy atom. The second kappa shape index (κ2) is 13.5. The van der Waals surface area contributed by atoms with Crippen molar-refractivity contribution in [3.8, 4) is 28.7 Å². The number of nitrogens with zero attached hydrogens (tertiary/aromatic N) is 1. The van der Waals surface area contributed by atoms with E-state index in [2.05, 4.69) is 6.92 Å². The molecule has 1 atom stereocenters. The number of rotatable bonds is 14. The minimum absolute atomic E-state index is 0.0312. The third-order valence-electron chi connectivity index (χ3n) is 6.56. The van der Waals surface area contributed by atoms with E-state index >= 15 is 0 Å². The molecule has 0 aromatic heterocycles. The Labute approximate surface area is 235 Å². The minimum atomic E-state index is -3.98. The van der Waals surface area contributed by atoms with Gasteiger partial charge in [0, 0.05) is 19.0 Å². The Balaban J connectivity index is 1.33. The molecular formula is C30H35NO8S. The number of aryl methyl sites for hydroxylation is 1. The van der Waals surface area contributed by atoms with E-state index in [0.717, 1.165) is 40.0 Å². The lowest BCUT2D eigenvalue weighted by Gasteiger charge is -2.21. The first-order valence-corrected chi connectivity index (χ1v) is 14.8. The molecule has 0 radical (unpaired) electrons. The topological polar surface area (TPSA) is 112 Å². The number of ether oxygens (including phenoxy) is 4. The van der Waals surface area contributed by atoms with Gasteiger partial charge in [-0.2, -0.15) is 4.31 Å². The van der Waals surface area contributed by atoms with Crippen LogP contribution in [0.15, 0.2) is 71.6 Å². The van der Waals surface area contributed by atoms with Crippen LogP contribution < -0.4 is 18.9 Å². The van der Waals surface area contributed by atoms with Crippen LogP contribution in [0.3, 0.4) is 0 Å². The predicted molar refractivity (Wildman–Crippen MR) is 150 cm³/mol. The zero-order chi connectivity index (χ0) is 28.5. The van der Waals surface area contributed by atoms with Gasteiger partial charge in [0.1, 0.15) is 23.3 Å². The third-order valence-corrected chi connectivity index (χ3v) is 8.47. The maximum Gasteiger partial charge on any atom is 0.322 e. The number of aliphatic carboxylic acids is 1. The maximum atomic E-state index is 13.1. The Kier molecular flexibility index (Phi) is 9.89. The summed E-state index contributed by atoms with van der Waals surface area (Å²) in [6, 6.07) is 18.7. The van der Waals surface area contributed by atoms with Crippen molar-refractivity contribution in [3.05, 3.63) is 72.3 Å². The van der Waals surface area contributed by atoms with Crippen LogP contribution in [0.5, 0.6) is 28.7 Å². The van der Waals surface area contributed by atoms with Gasteiger partial charge in [-0.15, -0.1) is 0 Å². The Morgan fingerprint density at radius 2 is 1.68 bits per heavy atom. The van der Waals surface area contributed by atoms with Gasteiger partial charge in [0.15, 0.2) is 11.5 Å². The van der Waals surface area contributed by atoms with Gasteiger partial charge >= 0.3 is 5.97 Å². The van der Waals surface area contributed by atoms with Crippen LogP contribution in [0.2, 0.25) is 0 Å². The summed E-state index contributed by atoms with van der Waals surface area (Å²) in [4.78, 5) is 11.5. The van der Waals surface area contributed by atoms with Gasteiger partial charge in [-0.3, -0.25) is 4.79 Å². The quantitative estimate of drug-likeness (QED) is 0.253. The normalized spacial score (nSPS) is 15.5. The molecule has 0 amide bonds. The first kappa shape index (κ1) is 29.2. The van der Waals surface area contributed by atoms with E-state index in [1.54, 1.807) is 0 Å². The van der Waals surface area contributed by atoms with Gasteiger partial charge in [0.2, 0.25) is 10.0 Å². The van der Waals surface area contributed by atoms with Crippen molar-refractivity contribution in [2.24, 2.45) is 0 Å². The van der Waals surface area contributed by atoms with Crippen molar-refractivity contribution in [3.63, 3.8) is 0 Å². The number of hydrogen-bond acceptors (Lipinski definition) is 7. The monoisotopic (exact) mass is 569 g/mol. The summed E-state index contributed by atoms with van der Waals surface area (Å²) in [5.41, 5.74) is 1.07. The first-order valence-electron chi connectivity index (χ1n) is 13.4. The predicted octanol–water partition coefficient (Wildman–Crippen LogP) is 5.53. The van der Waals surface area contributed by atoms with Gasteiger partial charge in [-0.1, -0.05) is 31.5 Å². The minimum Gasteiger partial charge on any atom is -0.493 e. The average molecular weight is 570 g/mol. The van der Waals surface area contributed by atoms with Crippen molar-refractivity contribution in [2.45, 2.75) is 50.0 Å². The molecule has 10 heteroatoms. The lowest BCUT2D eigenvalue weighted by Crippen LogP contribution is -2.40. The second-order valence-corrected chi connectivity index (χ2v) is 11.3. The molecule has 1 saturated heterocycles. The molecule has 1 aliphatic heterocycles. The molecule has 3 aromatic rings. The summed E-state index contributed by atoms with van der Waals surface area (Å²) >= 11 is 0. The Morgan fingerprint density at radius 1 is 0.950 bits per heavy atom. The zero-order valence-electron chi connectivity index (χ0n) is 22.7. The van der Waals surface area contributed by atoms with Gasteiger partial charge in [-0.05, 0) is 67.3 Å². The van der Waals surface area contributed by atoms with Crippen molar-refractivity contribution in [1.29, 1.82) is 0 Å². The van der Waals surface area contributed by atoms with E-state index in [1.807, 2.05) is 48.5 Å². The molecule has 40 heavy (non-hydrogen) atoms. The third kappa shape index (κ3) is 7.05. The summed E-state index contributed by atoms with van der Waals surface area (Å²) in [7, 11) is -2.56. The highest BCUT2D eigenvalue weighted by Crippen LogP contribution is 2.34. The highest BCUT2D eigenvalue weighted by molar-refractivity contribution is 7.89. The van der Waals surface area contributed by atoms with Gasteiger partial charge in [0.05, 0.1) is 25.2 Å². The number of para-hydroxylation sites is 1. The van der Waals surface area contributed by atoms with Crippen LogP contribution in [0.25, 0.3) is 0 Å². The zero-order valence-corrected chi connectivity index (χ0v) is 23.6. The van der Waals surface area contributed by atoms with Crippen LogP contribution >= 0.6 is 0 Å². The van der Waals surface area contributed by atoms with E-state index in [4.69, 9.17) is 18.9 Å². The molecule has 0 saturated carbocycles. The molecule has 0 aliphatic carbocycles. The van der Waals surface area contributed by atoms with Gasteiger partial charge in [0.25, 0.3) is 0 Å². The fourth-order valence-electron chi connectivity index (χ4n) is 4.61. The molecule has 1 fully saturated rings. The van der Waals surface area contributed by atoms with E-state index in [0.29, 0.717) is 38.2 Å². The Bertz CT molecular complexity index is 1390. The molecule has 3 aromatic carbocycles. The number of methoxy groups -OCH3 is 1. The molecule has 1 aliphatic rings. The number of carboxylic acid groups (broad SMARTS) is 1. The lowest BCUT2D eigenvalue weighted by atomic mass is 10.1. The number of sulfonamides is 1. The van der Waals surface area contributed by atoms with Crippen LogP contribution in [-0.2, 0) is 21.2 Å². The summed E-state index contributed by atoms with van der Waals surface area (Å²) in [5, 5.41) is 9.39. The van der Waals surface area contributed by atoms with Gasteiger partial charge < -0.3 is 24.1 Å². The molecule has 1 N–H and O–H groups in total. The summed E-state index contributed by atoms with van der Waals surface area (Å²) in [6.07, 6.45) is 3.21. The summed E-state index contributed by atoms with van der Waals surface area (Å²) < 4.78 is 50.4. The summed E-state index contributed by atoms with van der Waals surface area (Å²) in [5.74, 6) is 1.84. The molecule has 1 unspecified atom stereocenters. The highest BCUT2D eigenvalue weighted by atomic mass is 32.2. The fourth-order valence-corrected chi connectivity index (χ4v) is 6.28. The van der Waals surface area contributed by atoms with Gasteiger partial charge in [-0.25, -0.2) is 8.42 Å². The van der Waals surface area contributed by atoms with E-state index in [9.17, 15) is 18.3 Å². The second-order valence-electron chi connectivity index (χ2n) is 9.41. The smallest absolute Gasteiger partial charge is 0.322 e. The Hall–Kier alpha value is -3.76. The van der Waals surface area contributed by atoms with E-state index in [1.165, 1.54) is 25.3 Å². The van der Waals surface area contributed by atoms with E-state index in [-0.39, 0.29) is 17.2 Å². The summed E-state index contributed by atoms with van der Waals surface area (Å²) in [6.45, 7) is 3.04. The first-order chi connectivity index (χ1) is 19.3. The van der Waals surface area contributed by atoms with E-state index < -0.39 is 22.0 Å². The van der Waals surface area contributed by atoms with Crippen LogP contribution in [-0.4, -0.2) is 56.7 Å². The maximum absolute atomic E-state index is 13.1. The largest absolute Gasteiger partial charge is 0.493 e. The van der Waals surface area contributed by atoms with Crippen molar-refractivity contribution < 1.29 is 37.3 Å².